The van der Waals surface area contributed by atoms with Crippen molar-refractivity contribution < 1.29 is 9.84 Å². The first-order chi connectivity index (χ1) is 13.9. The molecule has 1 heterocycles. The van der Waals surface area contributed by atoms with Gasteiger partial charge in [-0.3, -0.25) is 0 Å². The fraction of sp³-hybridized carbons (Fsp3) is 0.500. The van der Waals surface area contributed by atoms with E-state index in [1.807, 2.05) is 12.1 Å². The molecule has 0 radical (unpaired) electrons. The molecule has 1 saturated carbocycles. The summed E-state index contributed by atoms with van der Waals surface area (Å²) in [5.41, 5.74) is 6.01. The van der Waals surface area contributed by atoms with Crippen LogP contribution in [-0.4, -0.2) is 34.1 Å². The molecular weight excluding hydrogens is 362 g/mol. The lowest BCUT2D eigenvalue weighted by molar-refractivity contribution is -0.0625. The Balaban J connectivity index is 1.65. The molecule has 0 atom stereocenters. The first-order valence-electron chi connectivity index (χ1n) is 10.7. The second kappa shape index (κ2) is 7.79. The zero-order chi connectivity index (χ0) is 20.6. The number of ether oxygens (including phenoxy) is 1. The predicted molar refractivity (Wildman–Crippen MR) is 117 cm³/mol. The van der Waals surface area contributed by atoms with Gasteiger partial charge in [-0.1, -0.05) is 19.6 Å². The molecule has 0 amide bonds. The van der Waals surface area contributed by atoms with E-state index < -0.39 is 0 Å². The number of hydrogen-bond donors (Lipinski definition) is 2. The van der Waals surface area contributed by atoms with Crippen LogP contribution in [0.15, 0.2) is 24.8 Å². The number of hydrogen-bond acceptors (Lipinski definition) is 5. The highest BCUT2D eigenvalue weighted by Gasteiger charge is 2.41. The van der Waals surface area contributed by atoms with Crippen LogP contribution in [0.5, 0.6) is 5.75 Å². The van der Waals surface area contributed by atoms with Crippen LogP contribution < -0.4 is 5.32 Å². The molecule has 5 heteroatoms. The number of rotatable bonds is 6. The van der Waals surface area contributed by atoms with E-state index in [9.17, 15) is 5.11 Å². The normalized spacial score (nSPS) is 23.2. The smallest absolute Gasteiger partial charge is 0.152 e. The van der Waals surface area contributed by atoms with Crippen molar-refractivity contribution in [3.05, 3.63) is 41.5 Å². The van der Waals surface area contributed by atoms with Crippen LogP contribution in [0.4, 0.5) is 5.82 Å². The van der Waals surface area contributed by atoms with E-state index in [1.54, 1.807) is 13.2 Å². The summed E-state index contributed by atoms with van der Waals surface area (Å²) >= 11 is 0. The predicted octanol–water partition coefficient (Wildman–Crippen LogP) is 5.13. The average Bonchev–Trinajstić information content (AvgIpc) is 2.72. The highest BCUT2D eigenvalue weighted by molar-refractivity contribution is 5.76. The highest BCUT2D eigenvalue weighted by atomic mass is 16.5. The molecule has 2 N–H and O–H groups in total. The lowest BCUT2D eigenvalue weighted by atomic mass is 9.77. The number of allylic oxidation sites excluding steroid dienone is 1. The van der Waals surface area contributed by atoms with Crippen molar-refractivity contribution in [1.82, 2.24) is 10.2 Å². The maximum absolute atomic E-state index is 10.7. The quantitative estimate of drug-likeness (QED) is 0.712. The third kappa shape index (κ3) is 3.76. The fourth-order valence-electron chi connectivity index (χ4n) is 4.58. The van der Waals surface area contributed by atoms with Gasteiger partial charge in [0.1, 0.15) is 11.4 Å². The second-order valence-corrected chi connectivity index (χ2v) is 8.65. The van der Waals surface area contributed by atoms with E-state index in [0.717, 1.165) is 73.2 Å². The van der Waals surface area contributed by atoms with Crippen molar-refractivity contribution in [2.75, 3.05) is 12.4 Å². The number of methoxy groups -OCH3 is 1. The fourth-order valence-corrected chi connectivity index (χ4v) is 4.58. The molecule has 29 heavy (non-hydrogen) atoms. The summed E-state index contributed by atoms with van der Waals surface area (Å²) in [7, 11) is 1.78. The number of aromatic hydroxyl groups is 1. The zero-order valence-corrected chi connectivity index (χ0v) is 17.7. The highest BCUT2D eigenvalue weighted by Crippen LogP contribution is 2.40. The maximum atomic E-state index is 10.7. The molecule has 2 aliphatic rings. The van der Waals surface area contributed by atoms with E-state index in [2.05, 4.69) is 35.9 Å². The second-order valence-electron chi connectivity index (χ2n) is 8.65. The molecule has 0 bridgehead atoms. The van der Waals surface area contributed by atoms with Crippen LogP contribution >= 0.6 is 0 Å². The topological polar surface area (TPSA) is 67.3 Å². The Bertz CT molecular complexity index is 932. The lowest BCUT2D eigenvalue weighted by Crippen LogP contribution is -2.50. The maximum Gasteiger partial charge on any atom is 0.152 e. The number of nitrogens with zero attached hydrogens (tertiary/aromatic N) is 2. The van der Waals surface area contributed by atoms with Gasteiger partial charge in [-0.2, -0.15) is 0 Å². The lowest BCUT2D eigenvalue weighted by Gasteiger charge is -2.44. The average molecular weight is 394 g/mol. The molecule has 0 aliphatic heterocycles. The Morgan fingerprint density at radius 1 is 1.24 bits per heavy atom. The number of aromatic nitrogens is 2. The summed E-state index contributed by atoms with van der Waals surface area (Å²) < 4.78 is 5.57. The Kier molecular flexibility index (Phi) is 5.34. The van der Waals surface area contributed by atoms with E-state index in [1.165, 1.54) is 11.1 Å². The van der Waals surface area contributed by atoms with Gasteiger partial charge in [0.2, 0.25) is 0 Å². The third-order valence-corrected chi connectivity index (χ3v) is 6.57. The zero-order valence-electron chi connectivity index (χ0n) is 17.7. The van der Waals surface area contributed by atoms with Crippen LogP contribution in [0.25, 0.3) is 16.8 Å². The van der Waals surface area contributed by atoms with Gasteiger partial charge in [0.15, 0.2) is 5.82 Å². The van der Waals surface area contributed by atoms with Crippen molar-refractivity contribution >= 4 is 11.4 Å². The van der Waals surface area contributed by atoms with Gasteiger partial charge in [0.05, 0.1) is 5.60 Å². The first-order valence-corrected chi connectivity index (χ1v) is 10.7. The van der Waals surface area contributed by atoms with Gasteiger partial charge >= 0.3 is 0 Å². The van der Waals surface area contributed by atoms with Crippen LogP contribution in [0.2, 0.25) is 0 Å². The van der Waals surface area contributed by atoms with Crippen LogP contribution in [0.1, 0.15) is 62.6 Å². The largest absolute Gasteiger partial charge is 0.507 e. The summed E-state index contributed by atoms with van der Waals surface area (Å²) in [4.78, 5) is 0. The van der Waals surface area contributed by atoms with Gasteiger partial charge in [0, 0.05) is 24.3 Å². The van der Waals surface area contributed by atoms with Crippen molar-refractivity contribution in [2.45, 2.75) is 70.4 Å². The number of nitrogens with one attached hydrogen (secondary N) is 1. The van der Waals surface area contributed by atoms with Gasteiger partial charge in [-0.05, 0) is 80.7 Å². The monoisotopic (exact) mass is 393 g/mol. The van der Waals surface area contributed by atoms with Crippen molar-refractivity contribution in [3.8, 4) is 17.0 Å². The minimum atomic E-state index is -0.0267. The van der Waals surface area contributed by atoms with Crippen molar-refractivity contribution in [2.24, 2.45) is 0 Å². The number of phenols is 1. The van der Waals surface area contributed by atoms with E-state index in [4.69, 9.17) is 4.74 Å². The molecule has 1 aromatic heterocycles. The molecule has 1 fully saturated rings. The molecule has 5 nitrogen and oxygen atoms in total. The third-order valence-electron chi connectivity index (χ3n) is 6.57. The molecule has 2 aromatic rings. The van der Waals surface area contributed by atoms with E-state index >= 15 is 0 Å². The van der Waals surface area contributed by atoms with Crippen LogP contribution in [0.3, 0.4) is 0 Å². The minimum absolute atomic E-state index is 0.0267. The molecule has 1 aromatic carbocycles. The summed E-state index contributed by atoms with van der Waals surface area (Å²) in [5.74, 6) is 1.15. The molecular formula is C24H31N3O2. The Morgan fingerprint density at radius 2 is 1.97 bits per heavy atom. The summed E-state index contributed by atoms with van der Waals surface area (Å²) in [6.07, 6.45) is 7.09. The first kappa shape index (κ1) is 19.9. The van der Waals surface area contributed by atoms with Gasteiger partial charge in [-0.15, -0.1) is 10.2 Å². The Morgan fingerprint density at radius 3 is 2.62 bits per heavy atom. The molecule has 154 valence electrons. The van der Waals surface area contributed by atoms with Gasteiger partial charge in [0.25, 0.3) is 0 Å². The van der Waals surface area contributed by atoms with Crippen LogP contribution in [-0.2, 0) is 17.6 Å². The minimum Gasteiger partial charge on any atom is -0.507 e. The van der Waals surface area contributed by atoms with E-state index in [-0.39, 0.29) is 11.4 Å². The van der Waals surface area contributed by atoms with E-state index in [0.29, 0.717) is 6.04 Å². The SMILES string of the molecule is C=C(CC)c1ccc(-c2nnc(NC3CC(C)(OC)C3)c3c2CCCC3)c(O)c1. The number of benzene rings is 1. The van der Waals surface area contributed by atoms with Gasteiger partial charge in [-0.25, -0.2) is 0 Å². The molecule has 0 saturated heterocycles. The van der Waals surface area contributed by atoms with Gasteiger partial charge < -0.3 is 15.2 Å². The van der Waals surface area contributed by atoms with Crippen molar-refractivity contribution in [1.29, 1.82) is 0 Å². The summed E-state index contributed by atoms with van der Waals surface area (Å²) in [5, 5.41) is 23.4. The molecule has 0 spiro atoms. The summed E-state index contributed by atoms with van der Waals surface area (Å²) in [6.45, 7) is 8.29. The summed E-state index contributed by atoms with van der Waals surface area (Å²) in [6, 6.07) is 6.14. The number of fused-ring (bicyclic) bond motifs is 1. The molecule has 2 aliphatic carbocycles. The number of phenolic OH excluding ortho intramolecular Hbond substituents is 1. The number of anilines is 1. The standard InChI is InChI=1S/C24H31N3O2/c1-5-15(2)16-10-11-20(21(28)12-16)22-18-8-6-7-9-19(18)23(27-26-22)25-17-13-24(3,14-17)29-4/h10-12,17,28H,2,5-9,13-14H2,1,3-4H3,(H,25,27). The Labute approximate surface area is 173 Å². The molecule has 0 unspecified atom stereocenters. The Hall–Kier alpha value is -2.40. The van der Waals surface area contributed by atoms with Crippen molar-refractivity contribution in [3.63, 3.8) is 0 Å². The van der Waals surface area contributed by atoms with Crippen LogP contribution in [0, 0.1) is 0 Å². The molecule has 4 rings (SSSR count).